The minimum atomic E-state index is -0.985. The van der Waals surface area contributed by atoms with Crippen molar-refractivity contribution in [2.24, 2.45) is 0 Å². The summed E-state index contributed by atoms with van der Waals surface area (Å²) in [5.41, 5.74) is 2.56. The zero-order valence-electron chi connectivity index (χ0n) is 15.9. The predicted octanol–water partition coefficient (Wildman–Crippen LogP) is 3.63. The molecular formula is C21H22N4O3. The molecule has 0 unspecified atom stereocenters. The van der Waals surface area contributed by atoms with Crippen LogP contribution in [0.4, 0.5) is 0 Å². The van der Waals surface area contributed by atoms with E-state index in [2.05, 4.69) is 22.0 Å². The Labute approximate surface area is 163 Å². The molecule has 0 saturated heterocycles. The number of aryl methyl sites for hydroxylation is 1. The molecule has 28 heavy (non-hydrogen) atoms. The monoisotopic (exact) mass is 378 g/mol. The summed E-state index contributed by atoms with van der Waals surface area (Å²) in [6.07, 6.45) is 5.06. The number of carboxylic acid groups (broad SMARTS) is 1. The maximum absolute atomic E-state index is 11.9. The highest BCUT2D eigenvalue weighted by Gasteiger charge is 2.15. The molecular weight excluding hydrogens is 356 g/mol. The summed E-state index contributed by atoms with van der Waals surface area (Å²) in [4.78, 5) is 31.8. The molecule has 0 saturated carbocycles. The Kier molecular flexibility index (Phi) is 5.93. The van der Waals surface area contributed by atoms with Crippen LogP contribution in [-0.2, 0) is 13.0 Å². The molecule has 0 aliphatic rings. The van der Waals surface area contributed by atoms with E-state index < -0.39 is 5.97 Å². The number of carbonyl (C=O) groups excluding carboxylic acids is 1. The summed E-state index contributed by atoms with van der Waals surface area (Å²) in [7, 11) is 0. The first kappa shape index (κ1) is 19.4. The quantitative estimate of drug-likeness (QED) is 0.601. The Hall–Kier alpha value is -3.35. The van der Waals surface area contributed by atoms with Crippen LogP contribution in [0.3, 0.4) is 0 Å². The third kappa shape index (κ3) is 4.14. The van der Waals surface area contributed by atoms with E-state index in [4.69, 9.17) is 0 Å². The van der Waals surface area contributed by atoms with Crippen molar-refractivity contribution < 1.29 is 14.7 Å². The van der Waals surface area contributed by atoms with Gasteiger partial charge in [-0.3, -0.25) is 9.78 Å². The van der Waals surface area contributed by atoms with Gasteiger partial charge in [0.05, 0.1) is 12.1 Å². The number of carbonyl (C=O) groups is 2. The molecule has 0 radical (unpaired) electrons. The van der Waals surface area contributed by atoms with Crippen LogP contribution in [-0.4, -0.2) is 36.6 Å². The van der Waals surface area contributed by atoms with Crippen LogP contribution >= 0.6 is 0 Å². The Morgan fingerprint density at radius 3 is 2.50 bits per heavy atom. The minimum absolute atomic E-state index is 0.0655. The van der Waals surface area contributed by atoms with Crippen LogP contribution in [0.1, 0.15) is 59.1 Å². The van der Waals surface area contributed by atoms with E-state index in [1.54, 1.807) is 17.8 Å². The number of aromatic nitrogens is 4. The van der Waals surface area contributed by atoms with E-state index in [9.17, 15) is 14.7 Å². The summed E-state index contributed by atoms with van der Waals surface area (Å²) in [5.74, 6) is 0.0125. The third-order valence-electron chi connectivity index (χ3n) is 4.44. The van der Waals surface area contributed by atoms with E-state index in [0.717, 1.165) is 29.8 Å². The molecule has 3 rings (SSSR count). The lowest BCUT2D eigenvalue weighted by molar-refractivity contribution is 0.0697. The lowest BCUT2D eigenvalue weighted by atomic mass is 10.0. The molecule has 0 amide bonds. The molecule has 2 aromatic heterocycles. The fourth-order valence-corrected chi connectivity index (χ4v) is 2.96. The average molecular weight is 378 g/mol. The van der Waals surface area contributed by atoms with Crippen LogP contribution in [0.15, 0.2) is 42.7 Å². The van der Waals surface area contributed by atoms with Crippen molar-refractivity contribution in [1.29, 1.82) is 0 Å². The van der Waals surface area contributed by atoms with Crippen LogP contribution in [0, 0.1) is 0 Å². The summed E-state index contributed by atoms with van der Waals surface area (Å²) in [6, 6.07) is 9.07. The Morgan fingerprint density at radius 1 is 1.11 bits per heavy atom. The smallest absolute Gasteiger partial charge is 0.336 e. The highest BCUT2D eigenvalue weighted by atomic mass is 16.4. The van der Waals surface area contributed by atoms with E-state index in [0.29, 0.717) is 18.5 Å². The maximum Gasteiger partial charge on any atom is 0.336 e. The predicted molar refractivity (Wildman–Crippen MR) is 104 cm³/mol. The molecule has 0 aliphatic heterocycles. The van der Waals surface area contributed by atoms with Crippen LogP contribution < -0.4 is 0 Å². The van der Waals surface area contributed by atoms with Gasteiger partial charge in [-0.1, -0.05) is 38.1 Å². The van der Waals surface area contributed by atoms with E-state index in [1.165, 1.54) is 12.3 Å². The summed E-state index contributed by atoms with van der Waals surface area (Å²) in [6.45, 7) is 4.35. The van der Waals surface area contributed by atoms with Crippen LogP contribution in [0.2, 0.25) is 0 Å². The second-order valence-electron chi connectivity index (χ2n) is 6.46. The first-order valence-electron chi connectivity index (χ1n) is 9.27. The fourth-order valence-electron chi connectivity index (χ4n) is 2.96. The highest BCUT2D eigenvalue weighted by molar-refractivity contribution is 5.95. The number of rotatable bonds is 8. The number of benzene rings is 1. The van der Waals surface area contributed by atoms with Gasteiger partial charge in [-0.2, -0.15) is 0 Å². The maximum atomic E-state index is 11.9. The number of pyridine rings is 1. The molecule has 0 spiro atoms. The second-order valence-corrected chi connectivity index (χ2v) is 6.46. The summed E-state index contributed by atoms with van der Waals surface area (Å²) >= 11 is 0. The number of hydrogen-bond acceptors (Lipinski definition) is 5. The van der Waals surface area contributed by atoms with Crippen molar-refractivity contribution in [2.45, 2.75) is 39.7 Å². The standard InChI is InChI=1S/C21H22N4O3/c1-3-5-19-23-20(18(26)4-2)24-25(19)13-14-6-8-15(9-7-14)17-12-22-11-10-16(17)21(27)28/h6-12H,3-5,13H2,1-2H3,(H,27,28). The van der Waals surface area contributed by atoms with Crippen molar-refractivity contribution >= 4 is 11.8 Å². The third-order valence-corrected chi connectivity index (χ3v) is 4.44. The molecule has 1 aromatic carbocycles. The van der Waals surface area contributed by atoms with Gasteiger partial charge in [0.25, 0.3) is 0 Å². The molecule has 2 heterocycles. The Morgan fingerprint density at radius 2 is 1.86 bits per heavy atom. The van der Waals surface area contributed by atoms with E-state index in [-0.39, 0.29) is 17.2 Å². The highest BCUT2D eigenvalue weighted by Crippen LogP contribution is 2.23. The van der Waals surface area contributed by atoms with Crippen molar-refractivity contribution in [3.05, 3.63) is 65.5 Å². The average Bonchev–Trinajstić information content (AvgIpc) is 3.10. The van der Waals surface area contributed by atoms with Gasteiger partial charge in [-0.15, -0.1) is 5.10 Å². The first-order chi connectivity index (χ1) is 13.5. The molecule has 3 aromatic rings. The van der Waals surface area contributed by atoms with Gasteiger partial charge in [0.1, 0.15) is 5.82 Å². The SMILES string of the molecule is CCCc1nc(C(=O)CC)nn1Cc1ccc(-c2cnccc2C(=O)O)cc1. The van der Waals surface area contributed by atoms with Crippen molar-refractivity contribution in [1.82, 2.24) is 19.7 Å². The molecule has 1 N–H and O–H groups in total. The number of hydrogen-bond donors (Lipinski definition) is 1. The Balaban J connectivity index is 1.86. The van der Waals surface area contributed by atoms with Crippen LogP contribution in [0.5, 0.6) is 0 Å². The van der Waals surface area contributed by atoms with Crippen molar-refractivity contribution in [2.75, 3.05) is 0 Å². The zero-order chi connectivity index (χ0) is 20.1. The Bertz CT molecular complexity index is 993. The molecule has 7 heteroatoms. The topological polar surface area (TPSA) is 98.0 Å². The lowest BCUT2D eigenvalue weighted by Gasteiger charge is -2.08. The summed E-state index contributed by atoms with van der Waals surface area (Å²) < 4.78 is 1.77. The molecule has 144 valence electrons. The number of Topliss-reactive ketones (excluding diaryl/α,β-unsaturated/α-hetero) is 1. The van der Waals surface area contributed by atoms with E-state index >= 15 is 0 Å². The van der Waals surface area contributed by atoms with Gasteiger partial charge < -0.3 is 5.11 Å². The molecule has 0 fully saturated rings. The molecule has 0 bridgehead atoms. The van der Waals surface area contributed by atoms with E-state index in [1.807, 2.05) is 24.3 Å². The minimum Gasteiger partial charge on any atom is -0.478 e. The van der Waals surface area contributed by atoms with Gasteiger partial charge in [0.15, 0.2) is 0 Å². The molecule has 0 aliphatic carbocycles. The fraction of sp³-hybridized carbons (Fsp3) is 0.286. The normalized spacial score (nSPS) is 10.8. The molecule has 0 atom stereocenters. The molecule has 7 nitrogen and oxygen atoms in total. The first-order valence-corrected chi connectivity index (χ1v) is 9.27. The van der Waals surface area contributed by atoms with Gasteiger partial charge in [-0.05, 0) is 23.6 Å². The van der Waals surface area contributed by atoms with Gasteiger partial charge in [0.2, 0.25) is 11.6 Å². The number of nitrogens with zero attached hydrogens (tertiary/aromatic N) is 4. The number of ketones is 1. The van der Waals surface area contributed by atoms with Crippen molar-refractivity contribution in [3.8, 4) is 11.1 Å². The number of aromatic carboxylic acids is 1. The lowest BCUT2D eigenvalue weighted by Crippen LogP contribution is -2.07. The largest absolute Gasteiger partial charge is 0.478 e. The van der Waals surface area contributed by atoms with Gasteiger partial charge in [0, 0.05) is 30.8 Å². The van der Waals surface area contributed by atoms with Gasteiger partial charge in [-0.25, -0.2) is 14.5 Å². The second kappa shape index (κ2) is 8.56. The van der Waals surface area contributed by atoms with Gasteiger partial charge >= 0.3 is 5.97 Å². The zero-order valence-corrected chi connectivity index (χ0v) is 15.9. The number of carboxylic acids is 1. The summed E-state index contributed by atoms with van der Waals surface area (Å²) in [5, 5.41) is 13.7. The van der Waals surface area contributed by atoms with Crippen molar-refractivity contribution in [3.63, 3.8) is 0 Å². The van der Waals surface area contributed by atoms with Crippen LogP contribution in [0.25, 0.3) is 11.1 Å².